The molecular formula is C9H18Si3. The molecule has 1 aromatic carbocycles. The summed E-state index contributed by atoms with van der Waals surface area (Å²) < 4.78 is 0. The van der Waals surface area contributed by atoms with Crippen LogP contribution < -0.4 is 5.19 Å². The van der Waals surface area contributed by atoms with Gasteiger partial charge in [-0.15, -0.1) is 0 Å². The molecule has 0 spiro atoms. The Balaban J connectivity index is 2.96. The van der Waals surface area contributed by atoms with Crippen molar-refractivity contribution in [2.24, 2.45) is 0 Å². The second kappa shape index (κ2) is 3.72. The molecule has 1 aromatic rings. The van der Waals surface area contributed by atoms with Crippen LogP contribution in [0.3, 0.4) is 0 Å². The van der Waals surface area contributed by atoms with Crippen molar-refractivity contribution in [3.8, 4) is 0 Å². The highest BCUT2D eigenvalue weighted by molar-refractivity contribution is 7.43. The summed E-state index contributed by atoms with van der Waals surface area (Å²) in [7, 11) is 0.914. The van der Waals surface area contributed by atoms with Crippen molar-refractivity contribution in [1.82, 2.24) is 0 Å². The van der Waals surface area contributed by atoms with Gasteiger partial charge in [0.05, 0.1) is 7.59 Å². The van der Waals surface area contributed by atoms with Crippen LogP contribution in [0.15, 0.2) is 24.3 Å². The number of benzene rings is 1. The maximum atomic E-state index is 2.52. The van der Waals surface area contributed by atoms with Gasteiger partial charge in [-0.05, 0) is 16.7 Å². The molecule has 0 unspecified atom stereocenters. The van der Waals surface area contributed by atoms with Crippen LogP contribution in [0.25, 0.3) is 0 Å². The van der Waals surface area contributed by atoms with Crippen molar-refractivity contribution in [2.45, 2.75) is 20.0 Å². The molecule has 0 atom stereocenters. The summed E-state index contributed by atoms with van der Waals surface area (Å²) >= 11 is 0. The van der Waals surface area contributed by atoms with Crippen molar-refractivity contribution in [3.05, 3.63) is 29.8 Å². The van der Waals surface area contributed by atoms with Gasteiger partial charge in [-0.2, -0.15) is 0 Å². The monoisotopic (exact) mass is 210 g/mol. The predicted molar refractivity (Wildman–Crippen MR) is 66.8 cm³/mol. The first-order valence-corrected chi connectivity index (χ1v) is 15.6. The number of hydrogen-bond donors (Lipinski definition) is 0. The van der Waals surface area contributed by atoms with Crippen molar-refractivity contribution in [3.63, 3.8) is 0 Å². The van der Waals surface area contributed by atoms with E-state index in [1.807, 2.05) is 0 Å². The van der Waals surface area contributed by atoms with Crippen LogP contribution in [0.5, 0.6) is 0 Å². The summed E-state index contributed by atoms with van der Waals surface area (Å²) in [6.07, 6.45) is 0. The Morgan fingerprint density at radius 1 is 1.17 bits per heavy atom. The van der Waals surface area contributed by atoms with E-state index >= 15 is 0 Å². The summed E-state index contributed by atoms with van der Waals surface area (Å²) in [6, 6.07) is 9.23. The van der Waals surface area contributed by atoms with Gasteiger partial charge in [0.2, 0.25) is 0 Å². The highest BCUT2D eigenvalue weighted by Crippen LogP contribution is 2.01. The molecule has 0 radical (unpaired) electrons. The maximum absolute atomic E-state index is 2.52. The number of hydrogen-bond acceptors (Lipinski definition) is 0. The molecule has 0 N–H and O–H groups in total. The van der Waals surface area contributed by atoms with Crippen molar-refractivity contribution in [2.75, 3.05) is 0 Å². The third-order valence-electron chi connectivity index (χ3n) is 2.72. The lowest BCUT2D eigenvalue weighted by Gasteiger charge is -2.20. The average molecular weight is 211 g/mol. The van der Waals surface area contributed by atoms with Gasteiger partial charge >= 0.3 is 0 Å². The van der Waals surface area contributed by atoms with Gasteiger partial charge in [0.1, 0.15) is 0 Å². The van der Waals surface area contributed by atoms with Gasteiger partial charge in [-0.25, -0.2) is 0 Å². The molecule has 0 aliphatic rings. The normalized spacial score (nSPS) is 12.9. The lowest BCUT2D eigenvalue weighted by atomic mass is 10.2. The number of aryl methyl sites for hydroxylation is 1. The molecule has 0 heterocycles. The van der Waals surface area contributed by atoms with Crippen molar-refractivity contribution >= 4 is 31.1 Å². The van der Waals surface area contributed by atoms with Gasteiger partial charge in [0, 0.05) is 8.55 Å². The van der Waals surface area contributed by atoms with E-state index in [2.05, 4.69) is 44.3 Å². The van der Waals surface area contributed by atoms with Crippen LogP contribution in [-0.2, 0) is 0 Å². The highest BCUT2D eigenvalue weighted by Gasteiger charge is 2.19. The topological polar surface area (TPSA) is 0 Å². The van der Waals surface area contributed by atoms with Gasteiger partial charge in [-0.1, -0.05) is 48.1 Å². The molecule has 0 aliphatic carbocycles. The predicted octanol–water partition coefficient (Wildman–Crippen LogP) is -0.144. The molecule has 12 heavy (non-hydrogen) atoms. The van der Waals surface area contributed by atoms with Crippen LogP contribution >= 0.6 is 0 Å². The SMILES string of the molecule is Cc1ccc([Si](C)(C)[SiH2][SiH3])cc1. The lowest BCUT2D eigenvalue weighted by molar-refractivity contribution is 1.49. The van der Waals surface area contributed by atoms with Crippen LogP contribution in [0.1, 0.15) is 5.56 Å². The van der Waals surface area contributed by atoms with Crippen molar-refractivity contribution in [1.29, 1.82) is 0 Å². The first-order valence-electron chi connectivity index (χ1n) is 4.63. The van der Waals surface area contributed by atoms with E-state index in [4.69, 9.17) is 0 Å². The van der Waals surface area contributed by atoms with Gasteiger partial charge in [0.15, 0.2) is 0 Å². The molecule has 0 saturated carbocycles. The largest absolute Gasteiger partial charge is 0.0681 e. The van der Waals surface area contributed by atoms with Crippen LogP contribution in [0.4, 0.5) is 0 Å². The van der Waals surface area contributed by atoms with E-state index in [9.17, 15) is 0 Å². The summed E-state index contributed by atoms with van der Waals surface area (Å²) in [6.45, 7) is 7.21. The summed E-state index contributed by atoms with van der Waals surface area (Å²) in [4.78, 5) is 0. The summed E-state index contributed by atoms with van der Waals surface area (Å²) in [5.41, 5.74) is 1.39. The Bertz CT molecular complexity index is 251. The zero-order chi connectivity index (χ0) is 9.19. The molecule has 0 saturated heterocycles. The third-order valence-corrected chi connectivity index (χ3v) is 28.8. The molecular weight excluding hydrogens is 192 g/mol. The maximum Gasteiger partial charge on any atom is 0.0634 e. The zero-order valence-corrected chi connectivity index (χ0v) is 12.9. The Morgan fingerprint density at radius 2 is 1.67 bits per heavy atom. The Labute approximate surface area is 81.2 Å². The fourth-order valence-corrected chi connectivity index (χ4v) is 8.29. The Hall–Kier alpha value is -0.129. The Kier molecular flexibility index (Phi) is 3.09. The third kappa shape index (κ3) is 2.18. The fraction of sp³-hybridized carbons (Fsp3) is 0.333. The minimum atomic E-state index is -0.876. The minimum absolute atomic E-state index is 0.309. The summed E-state index contributed by atoms with van der Waals surface area (Å²) in [5, 5.41) is 1.68. The van der Waals surface area contributed by atoms with E-state index in [0.29, 0.717) is 8.55 Å². The molecule has 0 amide bonds. The van der Waals surface area contributed by atoms with Crippen LogP contribution in [0, 0.1) is 6.92 Å². The van der Waals surface area contributed by atoms with E-state index in [1.54, 1.807) is 5.19 Å². The smallest absolute Gasteiger partial charge is 0.0634 e. The van der Waals surface area contributed by atoms with Crippen molar-refractivity contribution < 1.29 is 0 Å². The fourth-order valence-electron chi connectivity index (χ4n) is 1.21. The van der Waals surface area contributed by atoms with Crippen LogP contribution in [-0.4, -0.2) is 25.9 Å². The van der Waals surface area contributed by atoms with E-state index in [1.165, 1.54) is 15.3 Å². The molecule has 0 nitrogen and oxygen atoms in total. The molecule has 0 aromatic heterocycles. The number of rotatable bonds is 2. The molecule has 66 valence electrons. The molecule has 3 heteroatoms. The first kappa shape index (κ1) is 9.95. The zero-order valence-electron chi connectivity index (χ0n) is 8.52. The minimum Gasteiger partial charge on any atom is -0.0681 e. The Morgan fingerprint density at radius 3 is 2.08 bits per heavy atom. The van der Waals surface area contributed by atoms with E-state index in [-0.39, 0.29) is 0 Å². The van der Waals surface area contributed by atoms with Gasteiger partial charge in [-0.3, -0.25) is 0 Å². The molecule has 0 bridgehead atoms. The summed E-state index contributed by atoms with van der Waals surface area (Å²) in [5.74, 6) is 0. The quantitative estimate of drug-likeness (QED) is 0.596. The second-order valence-electron chi connectivity index (χ2n) is 4.10. The highest BCUT2D eigenvalue weighted by atomic mass is 29.5. The van der Waals surface area contributed by atoms with Gasteiger partial charge < -0.3 is 0 Å². The lowest BCUT2D eigenvalue weighted by Crippen LogP contribution is -2.48. The molecule has 0 aliphatic heterocycles. The average Bonchev–Trinajstić information content (AvgIpc) is 2.05. The standard InChI is InChI=1S/C9H18Si3/c1-8-4-6-9(7-5-8)12(2,3)11-10/h4-7H,11H2,1-3,10H3. The molecule has 1 rings (SSSR count). The van der Waals surface area contributed by atoms with Gasteiger partial charge in [0.25, 0.3) is 0 Å². The van der Waals surface area contributed by atoms with E-state index < -0.39 is 7.59 Å². The first-order chi connectivity index (χ1) is 5.56. The van der Waals surface area contributed by atoms with Crippen LogP contribution in [0.2, 0.25) is 13.1 Å². The van der Waals surface area contributed by atoms with E-state index in [0.717, 1.165) is 0 Å². The molecule has 0 fully saturated rings. The second-order valence-corrected chi connectivity index (χ2v) is 22.9.